The molecule has 0 N–H and O–H groups in total. The number of rotatable bonds is 4. The molecule has 4 rings (SSSR count). The van der Waals surface area contributed by atoms with Gasteiger partial charge in [0.1, 0.15) is 0 Å². The fourth-order valence-corrected chi connectivity index (χ4v) is 3.92. The van der Waals surface area contributed by atoms with Crippen LogP contribution in [0.15, 0.2) is 48.7 Å². The van der Waals surface area contributed by atoms with Crippen molar-refractivity contribution >= 4 is 29.1 Å². The number of carbonyl (C=O) groups excluding carboxylic acids is 1. The molecule has 31 heavy (non-hydrogen) atoms. The summed E-state index contributed by atoms with van der Waals surface area (Å²) in [6, 6.07) is 9.86. The van der Waals surface area contributed by atoms with Crippen molar-refractivity contribution in [2.24, 2.45) is 0 Å². The lowest BCUT2D eigenvalue weighted by atomic mass is 10.1. The second kappa shape index (κ2) is 8.55. The number of likely N-dealkylation sites (tertiary alicyclic amines) is 1. The maximum atomic E-state index is 13.2. The maximum absolute atomic E-state index is 13.2. The molecule has 0 bridgehead atoms. The van der Waals surface area contributed by atoms with E-state index in [0.29, 0.717) is 40.0 Å². The highest BCUT2D eigenvalue weighted by molar-refractivity contribution is 6.42. The Labute approximate surface area is 187 Å². The van der Waals surface area contributed by atoms with Crippen LogP contribution in [0.25, 0.3) is 16.9 Å². The summed E-state index contributed by atoms with van der Waals surface area (Å²) < 4.78 is 40.8. The van der Waals surface area contributed by atoms with Gasteiger partial charge in [-0.1, -0.05) is 35.3 Å². The Morgan fingerprint density at radius 3 is 2.45 bits per heavy atom. The van der Waals surface area contributed by atoms with E-state index in [1.54, 1.807) is 29.3 Å². The molecule has 1 aliphatic heterocycles. The van der Waals surface area contributed by atoms with Crippen LogP contribution in [0, 0.1) is 0 Å². The molecule has 0 radical (unpaired) electrons. The molecule has 0 aliphatic carbocycles. The molecule has 9 heteroatoms. The summed E-state index contributed by atoms with van der Waals surface area (Å²) in [5, 5.41) is 5.20. The number of nitrogens with zero attached hydrogens (tertiary/aromatic N) is 3. The predicted octanol–water partition coefficient (Wildman–Crippen LogP) is 6.03. The van der Waals surface area contributed by atoms with E-state index in [0.717, 1.165) is 25.0 Å². The van der Waals surface area contributed by atoms with E-state index in [2.05, 4.69) is 5.10 Å². The number of carbonyl (C=O) groups is 1. The third kappa shape index (κ3) is 4.72. The summed E-state index contributed by atoms with van der Waals surface area (Å²) in [4.78, 5) is 14.5. The highest BCUT2D eigenvalue weighted by Crippen LogP contribution is 2.33. The van der Waals surface area contributed by atoms with Crippen LogP contribution >= 0.6 is 23.2 Å². The second-order valence-corrected chi connectivity index (χ2v) is 8.20. The van der Waals surface area contributed by atoms with Gasteiger partial charge in [0.25, 0.3) is 0 Å². The zero-order valence-electron chi connectivity index (χ0n) is 16.3. The highest BCUT2D eigenvalue weighted by Gasteiger charge is 2.31. The summed E-state index contributed by atoms with van der Waals surface area (Å²) in [6.07, 6.45) is -0.843. The van der Waals surface area contributed by atoms with Crippen molar-refractivity contribution < 1.29 is 18.0 Å². The lowest BCUT2D eigenvalue weighted by molar-refractivity contribution is -0.137. The van der Waals surface area contributed by atoms with Crippen LogP contribution < -0.4 is 0 Å². The molecule has 0 atom stereocenters. The standard InChI is InChI=1S/C22H18Cl2F3N3O/c23-18-7-6-14(10-19(18)24)21-15(11-20(31)29-8-1-2-9-29)13-30(28-21)17-5-3-4-16(12-17)22(25,26)27/h3-7,10,12-13H,1-2,8-9,11H2. The smallest absolute Gasteiger partial charge is 0.342 e. The van der Waals surface area contributed by atoms with E-state index in [4.69, 9.17) is 23.2 Å². The van der Waals surface area contributed by atoms with Crippen LogP contribution in [-0.4, -0.2) is 33.7 Å². The molecule has 1 aromatic heterocycles. The number of hydrogen-bond acceptors (Lipinski definition) is 2. The fourth-order valence-electron chi connectivity index (χ4n) is 3.62. The molecule has 3 aromatic rings. The Balaban J connectivity index is 1.76. The Hall–Kier alpha value is -2.51. The average molecular weight is 468 g/mol. The third-order valence-electron chi connectivity index (χ3n) is 5.22. The molecular weight excluding hydrogens is 450 g/mol. The zero-order valence-corrected chi connectivity index (χ0v) is 17.8. The van der Waals surface area contributed by atoms with Gasteiger partial charge in [-0.2, -0.15) is 18.3 Å². The number of halogens is 5. The van der Waals surface area contributed by atoms with E-state index in [1.807, 2.05) is 0 Å². The molecule has 0 saturated carbocycles. The number of benzene rings is 2. The third-order valence-corrected chi connectivity index (χ3v) is 5.96. The topological polar surface area (TPSA) is 38.1 Å². The Morgan fingerprint density at radius 1 is 1.03 bits per heavy atom. The van der Waals surface area contributed by atoms with Crippen LogP contribution in [-0.2, 0) is 17.4 Å². The average Bonchev–Trinajstić information content (AvgIpc) is 3.40. The van der Waals surface area contributed by atoms with Crippen LogP contribution in [0.1, 0.15) is 24.0 Å². The number of aromatic nitrogens is 2. The molecule has 2 aromatic carbocycles. The van der Waals surface area contributed by atoms with Gasteiger partial charge in [-0.15, -0.1) is 0 Å². The minimum absolute atomic E-state index is 0.0394. The van der Waals surface area contributed by atoms with Crippen LogP contribution in [0.5, 0.6) is 0 Å². The van der Waals surface area contributed by atoms with Gasteiger partial charge in [-0.3, -0.25) is 4.79 Å². The van der Waals surface area contributed by atoms with Gasteiger partial charge in [0.05, 0.1) is 33.4 Å². The Bertz CT molecular complexity index is 1120. The van der Waals surface area contributed by atoms with Crippen LogP contribution in [0.4, 0.5) is 13.2 Å². The van der Waals surface area contributed by atoms with Crippen molar-refractivity contribution in [3.63, 3.8) is 0 Å². The number of alkyl halides is 3. The Morgan fingerprint density at radius 2 is 1.77 bits per heavy atom. The van der Waals surface area contributed by atoms with E-state index in [-0.39, 0.29) is 18.0 Å². The summed E-state index contributed by atoms with van der Waals surface area (Å²) in [5.41, 5.74) is 1.18. The van der Waals surface area contributed by atoms with Gasteiger partial charge < -0.3 is 4.90 Å². The number of hydrogen-bond donors (Lipinski definition) is 0. The van der Waals surface area contributed by atoms with Crippen molar-refractivity contribution in [2.75, 3.05) is 13.1 Å². The van der Waals surface area contributed by atoms with Crippen molar-refractivity contribution in [3.05, 3.63) is 69.8 Å². The summed E-state index contributed by atoms with van der Waals surface area (Å²) in [7, 11) is 0. The highest BCUT2D eigenvalue weighted by atomic mass is 35.5. The second-order valence-electron chi connectivity index (χ2n) is 7.39. The molecule has 1 aliphatic rings. The lowest BCUT2D eigenvalue weighted by Gasteiger charge is -2.14. The van der Waals surface area contributed by atoms with Gasteiger partial charge in [-0.25, -0.2) is 4.68 Å². The first kappa shape index (κ1) is 21.7. The first-order valence-corrected chi connectivity index (χ1v) is 10.5. The van der Waals surface area contributed by atoms with E-state index >= 15 is 0 Å². The predicted molar refractivity (Wildman–Crippen MR) is 114 cm³/mol. The molecule has 162 valence electrons. The van der Waals surface area contributed by atoms with Gasteiger partial charge >= 0.3 is 6.18 Å². The van der Waals surface area contributed by atoms with Crippen molar-refractivity contribution in [3.8, 4) is 16.9 Å². The molecule has 4 nitrogen and oxygen atoms in total. The van der Waals surface area contributed by atoms with Crippen LogP contribution in [0.2, 0.25) is 10.0 Å². The summed E-state index contributed by atoms with van der Waals surface area (Å²) in [5.74, 6) is -0.0394. The molecule has 1 saturated heterocycles. The fraction of sp³-hybridized carbons (Fsp3) is 0.273. The summed E-state index contributed by atoms with van der Waals surface area (Å²) in [6.45, 7) is 1.42. The monoisotopic (exact) mass is 467 g/mol. The lowest BCUT2D eigenvalue weighted by Crippen LogP contribution is -2.29. The molecule has 1 fully saturated rings. The maximum Gasteiger partial charge on any atom is 0.416 e. The van der Waals surface area contributed by atoms with Gasteiger partial charge in [-0.05, 0) is 43.2 Å². The molecule has 2 heterocycles. The minimum atomic E-state index is -4.47. The quantitative estimate of drug-likeness (QED) is 0.469. The molecule has 1 amide bonds. The minimum Gasteiger partial charge on any atom is -0.342 e. The summed E-state index contributed by atoms with van der Waals surface area (Å²) >= 11 is 12.2. The molecule has 0 spiro atoms. The first-order chi connectivity index (χ1) is 14.7. The molecule has 0 unspecified atom stereocenters. The first-order valence-electron chi connectivity index (χ1n) is 9.72. The van der Waals surface area contributed by atoms with Crippen molar-refractivity contribution in [2.45, 2.75) is 25.4 Å². The van der Waals surface area contributed by atoms with Crippen molar-refractivity contribution in [1.29, 1.82) is 0 Å². The Kier molecular flexibility index (Phi) is 5.99. The van der Waals surface area contributed by atoms with Gasteiger partial charge in [0.15, 0.2) is 0 Å². The zero-order chi connectivity index (χ0) is 22.2. The largest absolute Gasteiger partial charge is 0.416 e. The van der Waals surface area contributed by atoms with Crippen LogP contribution in [0.3, 0.4) is 0 Å². The normalized spacial score (nSPS) is 14.3. The number of amides is 1. The van der Waals surface area contributed by atoms with E-state index < -0.39 is 11.7 Å². The van der Waals surface area contributed by atoms with Gasteiger partial charge in [0, 0.05) is 30.4 Å². The van der Waals surface area contributed by atoms with Crippen molar-refractivity contribution in [1.82, 2.24) is 14.7 Å². The molecular formula is C22H18Cl2F3N3O. The van der Waals surface area contributed by atoms with E-state index in [1.165, 1.54) is 16.8 Å². The van der Waals surface area contributed by atoms with E-state index in [9.17, 15) is 18.0 Å². The SMILES string of the molecule is O=C(Cc1cn(-c2cccc(C(F)(F)F)c2)nc1-c1ccc(Cl)c(Cl)c1)N1CCCC1. The van der Waals surface area contributed by atoms with Gasteiger partial charge in [0.2, 0.25) is 5.91 Å².